The van der Waals surface area contributed by atoms with Crippen molar-refractivity contribution in [2.45, 2.75) is 19.8 Å². The number of unbranched alkanes of at least 4 members (excludes halogenated alkanes) is 1. The van der Waals surface area contributed by atoms with Gasteiger partial charge in [-0.25, -0.2) is 9.78 Å². The Morgan fingerprint density at radius 2 is 2.10 bits per heavy atom. The summed E-state index contributed by atoms with van der Waals surface area (Å²) in [5.41, 5.74) is -0.312. The van der Waals surface area contributed by atoms with Crippen LogP contribution in [0.15, 0.2) is 18.2 Å². The summed E-state index contributed by atoms with van der Waals surface area (Å²) in [5.74, 6) is -1.47. The molecule has 6 heteroatoms. The highest BCUT2D eigenvalue weighted by Crippen LogP contribution is 2.34. The lowest BCUT2D eigenvalue weighted by Crippen LogP contribution is -2.09. The molecule has 1 aromatic carbocycles. The zero-order valence-electron chi connectivity index (χ0n) is 10.9. The van der Waals surface area contributed by atoms with Gasteiger partial charge in [-0.3, -0.25) is 0 Å². The van der Waals surface area contributed by atoms with Crippen LogP contribution in [-0.4, -0.2) is 27.8 Å². The monoisotopic (exact) mass is 295 g/mol. The second kappa shape index (κ2) is 5.96. The maximum absolute atomic E-state index is 11.8. The molecule has 1 aromatic heterocycles. The molecule has 0 unspecified atom stereocenters. The van der Waals surface area contributed by atoms with Gasteiger partial charge in [-0.05, 0) is 24.6 Å². The Labute approximate surface area is 120 Å². The number of aromatic nitrogens is 1. The SMILES string of the molecule is CCCCOC(=O)c1nc(O)c2ccc(Cl)cc2c1O. The normalized spacial score (nSPS) is 10.7. The van der Waals surface area contributed by atoms with Crippen LogP contribution in [0.4, 0.5) is 0 Å². The minimum absolute atomic E-state index is 0.241. The molecule has 0 aliphatic rings. The van der Waals surface area contributed by atoms with Gasteiger partial charge in [0.15, 0.2) is 11.4 Å². The van der Waals surface area contributed by atoms with Gasteiger partial charge in [-0.1, -0.05) is 24.9 Å². The van der Waals surface area contributed by atoms with Crippen molar-refractivity contribution < 1.29 is 19.7 Å². The first-order chi connectivity index (χ1) is 9.54. The van der Waals surface area contributed by atoms with Gasteiger partial charge in [0.25, 0.3) is 0 Å². The number of carbonyl (C=O) groups is 1. The van der Waals surface area contributed by atoms with Crippen LogP contribution in [0.1, 0.15) is 30.3 Å². The molecule has 0 bridgehead atoms. The van der Waals surface area contributed by atoms with Crippen LogP contribution < -0.4 is 0 Å². The average molecular weight is 296 g/mol. The third-order valence-corrected chi connectivity index (χ3v) is 3.08. The molecule has 0 saturated carbocycles. The van der Waals surface area contributed by atoms with E-state index in [9.17, 15) is 15.0 Å². The molecular formula is C14H14ClNO4. The number of hydrogen-bond acceptors (Lipinski definition) is 5. The van der Waals surface area contributed by atoms with Crippen LogP contribution in [0.2, 0.25) is 5.02 Å². The molecular weight excluding hydrogens is 282 g/mol. The average Bonchev–Trinajstić information content (AvgIpc) is 2.42. The lowest BCUT2D eigenvalue weighted by Gasteiger charge is -2.09. The lowest BCUT2D eigenvalue weighted by atomic mass is 10.1. The largest absolute Gasteiger partial charge is 0.505 e. The van der Waals surface area contributed by atoms with E-state index in [2.05, 4.69) is 4.98 Å². The number of esters is 1. The Morgan fingerprint density at radius 1 is 1.35 bits per heavy atom. The van der Waals surface area contributed by atoms with Crippen LogP contribution in [0.25, 0.3) is 10.8 Å². The van der Waals surface area contributed by atoms with Crippen LogP contribution in [-0.2, 0) is 4.74 Å². The van der Waals surface area contributed by atoms with E-state index >= 15 is 0 Å². The molecule has 0 radical (unpaired) electrons. The molecule has 5 nitrogen and oxygen atoms in total. The van der Waals surface area contributed by atoms with E-state index in [0.717, 1.165) is 12.8 Å². The first-order valence-electron chi connectivity index (χ1n) is 6.23. The number of pyridine rings is 1. The predicted molar refractivity (Wildman–Crippen MR) is 75.3 cm³/mol. The zero-order chi connectivity index (χ0) is 14.7. The Kier molecular flexibility index (Phi) is 4.29. The van der Waals surface area contributed by atoms with Crippen molar-refractivity contribution in [2.24, 2.45) is 0 Å². The van der Waals surface area contributed by atoms with Gasteiger partial charge in [-0.2, -0.15) is 0 Å². The second-order valence-electron chi connectivity index (χ2n) is 4.31. The first kappa shape index (κ1) is 14.4. The van der Waals surface area contributed by atoms with Crippen molar-refractivity contribution >= 4 is 28.3 Å². The highest BCUT2D eigenvalue weighted by atomic mass is 35.5. The van der Waals surface area contributed by atoms with E-state index < -0.39 is 5.97 Å². The number of nitrogens with zero attached hydrogens (tertiary/aromatic N) is 1. The molecule has 0 spiro atoms. The fourth-order valence-corrected chi connectivity index (χ4v) is 1.95. The van der Waals surface area contributed by atoms with E-state index in [-0.39, 0.29) is 29.3 Å². The molecule has 0 atom stereocenters. The van der Waals surface area contributed by atoms with E-state index in [4.69, 9.17) is 16.3 Å². The number of benzene rings is 1. The van der Waals surface area contributed by atoms with E-state index in [1.165, 1.54) is 12.1 Å². The Balaban J connectivity index is 2.44. The van der Waals surface area contributed by atoms with Crippen LogP contribution >= 0.6 is 11.6 Å². The van der Waals surface area contributed by atoms with Gasteiger partial charge in [0.05, 0.1) is 6.61 Å². The number of carbonyl (C=O) groups excluding carboxylic acids is 1. The number of hydrogen-bond donors (Lipinski definition) is 2. The molecule has 2 rings (SSSR count). The minimum Gasteiger partial charge on any atom is -0.505 e. The fraction of sp³-hybridized carbons (Fsp3) is 0.286. The molecule has 2 aromatic rings. The molecule has 0 amide bonds. The molecule has 2 N–H and O–H groups in total. The van der Waals surface area contributed by atoms with Crippen LogP contribution in [0.5, 0.6) is 11.6 Å². The maximum Gasteiger partial charge on any atom is 0.360 e. The van der Waals surface area contributed by atoms with Crippen molar-refractivity contribution in [1.29, 1.82) is 0 Å². The smallest absolute Gasteiger partial charge is 0.360 e. The zero-order valence-corrected chi connectivity index (χ0v) is 11.6. The van der Waals surface area contributed by atoms with Gasteiger partial charge in [0.1, 0.15) is 0 Å². The van der Waals surface area contributed by atoms with Gasteiger partial charge < -0.3 is 14.9 Å². The summed E-state index contributed by atoms with van der Waals surface area (Å²) in [6.45, 7) is 2.21. The molecule has 1 heterocycles. The fourth-order valence-electron chi connectivity index (χ4n) is 1.77. The Hall–Kier alpha value is -2.01. The molecule has 0 aliphatic carbocycles. The van der Waals surface area contributed by atoms with Gasteiger partial charge in [-0.15, -0.1) is 0 Å². The van der Waals surface area contributed by atoms with Gasteiger partial charge in [0.2, 0.25) is 5.88 Å². The van der Waals surface area contributed by atoms with Crippen LogP contribution in [0.3, 0.4) is 0 Å². The first-order valence-corrected chi connectivity index (χ1v) is 6.60. The summed E-state index contributed by atoms with van der Waals surface area (Å²) in [4.78, 5) is 15.5. The Morgan fingerprint density at radius 3 is 2.80 bits per heavy atom. The summed E-state index contributed by atoms with van der Waals surface area (Å²) < 4.78 is 4.98. The summed E-state index contributed by atoms with van der Waals surface area (Å²) >= 11 is 5.85. The van der Waals surface area contributed by atoms with E-state index in [1.54, 1.807) is 6.07 Å². The van der Waals surface area contributed by atoms with E-state index in [0.29, 0.717) is 10.4 Å². The Bertz CT molecular complexity index is 657. The lowest BCUT2D eigenvalue weighted by molar-refractivity contribution is 0.0488. The summed E-state index contributed by atoms with van der Waals surface area (Å²) in [6.07, 6.45) is 1.60. The maximum atomic E-state index is 11.8. The predicted octanol–water partition coefficient (Wildman–Crippen LogP) is 3.26. The van der Waals surface area contributed by atoms with Crippen LogP contribution in [0, 0.1) is 0 Å². The summed E-state index contributed by atoms with van der Waals surface area (Å²) in [6, 6.07) is 4.53. The highest BCUT2D eigenvalue weighted by molar-refractivity contribution is 6.31. The summed E-state index contributed by atoms with van der Waals surface area (Å²) in [7, 11) is 0. The highest BCUT2D eigenvalue weighted by Gasteiger charge is 2.20. The number of fused-ring (bicyclic) bond motifs is 1. The number of ether oxygens (including phenoxy) is 1. The van der Waals surface area contributed by atoms with Gasteiger partial charge in [0, 0.05) is 15.8 Å². The van der Waals surface area contributed by atoms with Crippen molar-refractivity contribution in [3.8, 4) is 11.6 Å². The third-order valence-electron chi connectivity index (χ3n) is 2.84. The van der Waals surface area contributed by atoms with Crippen molar-refractivity contribution in [2.75, 3.05) is 6.61 Å². The van der Waals surface area contributed by atoms with Crippen molar-refractivity contribution in [1.82, 2.24) is 4.98 Å². The second-order valence-corrected chi connectivity index (χ2v) is 4.75. The van der Waals surface area contributed by atoms with Crippen molar-refractivity contribution in [3.63, 3.8) is 0 Å². The summed E-state index contributed by atoms with van der Waals surface area (Å²) in [5, 5.41) is 20.9. The molecule has 20 heavy (non-hydrogen) atoms. The van der Waals surface area contributed by atoms with E-state index in [1.807, 2.05) is 6.92 Å². The molecule has 0 fully saturated rings. The number of rotatable bonds is 4. The quantitative estimate of drug-likeness (QED) is 0.668. The van der Waals surface area contributed by atoms with Crippen molar-refractivity contribution in [3.05, 3.63) is 28.9 Å². The molecule has 0 aliphatic heterocycles. The standard InChI is InChI=1S/C14H14ClNO4/c1-2-3-6-20-14(19)11-12(17)10-7-8(15)4-5-9(10)13(18)16-11/h4-5,7,17H,2-3,6H2,1H3,(H,16,18). The number of halogens is 1. The minimum atomic E-state index is -0.770. The van der Waals surface area contributed by atoms with Gasteiger partial charge >= 0.3 is 5.97 Å². The number of aromatic hydroxyl groups is 2. The topological polar surface area (TPSA) is 79.7 Å². The molecule has 0 saturated heterocycles. The third kappa shape index (κ3) is 2.77. The molecule has 106 valence electrons.